The van der Waals surface area contributed by atoms with Gasteiger partial charge < -0.3 is 19.6 Å². The summed E-state index contributed by atoms with van der Waals surface area (Å²) in [6.45, 7) is 0. The Morgan fingerprint density at radius 1 is 1.17 bits per heavy atom. The Bertz CT molecular complexity index is 869. The van der Waals surface area contributed by atoms with Crippen LogP contribution in [0.25, 0.3) is 17.4 Å². The van der Waals surface area contributed by atoms with Crippen LogP contribution in [-0.4, -0.2) is 17.9 Å². The number of amides is 3. The summed E-state index contributed by atoms with van der Waals surface area (Å²) in [4.78, 5) is 33.4. The highest BCUT2D eigenvalue weighted by molar-refractivity contribution is 6.33. The van der Waals surface area contributed by atoms with E-state index in [2.05, 4.69) is 10.6 Å². The Morgan fingerprint density at radius 3 is 2.61 bits per heavy atom. The van der Waals surface area contributed by atoms with E-state index in [-0.39, 0.29) is 11.3 Å². The summed E-state index contributed by atoms with van der Waals surface area (Å²) < 4.78 is 5.53. The van der Waals surface area contributed by atoms with Crippen molar-refractivity contribution in [1.29, 1.82) is 0 Å². The number of aromatic carboxylic acids is 1. The average molecular weight is 332 g/mol. The second kappa shape index (κ2) is 5.62. The highest BCUT2D eigenvalue weighted by Crippen LogP contribution is 2.31. The first kappa shape index (κ1) is 14.9. The number of nitrogens with one attached hydrogen (secondary N) is 2. The van der Waals surface area contributed by atoms with E-state index in [0.29, 0.717) is 22.1 Å². The first-order valence-corrected chi connectivity index (χ1v) is 6.77. The highest BCUT2D eigenvalue weighted by atomic mass is 35.5. The number of furan rings is 1. The fourth-order valence-electron chi connectivity index (χ4n) is 2.04. The summed E-state index contributed by atoms with van der Waals surface area (Å²) in [5, 5.41) is 15.6. The maximum absolute atomic E-state index is 11.4. The van der Waals surface area contributed by atoms with Crippen molar-refractivity contribution in [2.75, 3.05) is 0 Å². The fraction of sp³-hybridized carbons (Fsp3) is 0. The second-order valence-electron chi connectivity index (χ2n) is 4.65. The molecule has 0 unspecified atom stereocenters. The Labute approximate surface area is 134 Å². The molecule has 0 aliphatic carbocycles. The van der Waals surface area contributed by atoms with Gasteiger partial charge in [-0.15, -0.1) is 0 Å². The normalized spacial score (nSPS) is 15.6. The smallest absolute Gasteiger partial charge is 0.326 e. The molecule has 0 spiro atoms. The van der Waals surface area contributed by atoms with Crippen LogP contribution in [0.15, 0.2) is 40.4 Å². The van der Waals surface area contributed by atoms with Gasteiger partial charge >= 0.3 is 6.03 Å². The van der Waals surface area contributed by atoms with Gasteiger partial charge in [-0.05, 0) is 29.8 Å². The van der Waals surface area contributed by atoms with E-state index in [1.54, 1.807) is 12.1 Å². The van der Waals surface area contributed by atoms with Gasteiger partial charge in [0.2, 0.25) is 0 Å². The lowest BCUT2D eigenvalue weighted by atomic mass is 10.1. The minimum Gasteiger partial charge on any atom is -0.545 e. The van der Waals surface area contributed by atoms with Gasteiger partial charge in [0.1, 0.15) is 17.2 Å². The SMILES string of the molecule is O=C1NC(=O)C(=Cc2ccc(-c3cc(C(=O)[O-])ccc3Cl)o2)N1. The van der Waals surface area contributed by atoms with Crippen molar-refractivity contribution in [3.05, 3.63) is 52.4 Å². The number of carbonyl (C=O) groups excluding carboxylic acids is 3. The summed E-state index contributed by atoms with van der Waals surface area (Å²) in [6, 6.07) is 6.59. The number of rotatable bonds is 3. The first-order chi connectivity index (χ1) is 10.9. The second-order valence-corrected chi connectivity index (χ2v) is 5.06. The molecule has 1 saturated heterocycles. The average Bonchev–Trinajstić information content (AvgIpc) is 3.06. The Hall–Kier alpha value is -3.06. The van der Waals surface area contributed by atoms with Crippen molar-refractivity contribution in [2.24, 2.45) is 0 Å². The van der Waals surface area contributed by atoms with Gasteiger partial charge in [0, 0.05) is 11.6 Å². The topological polar surface area (TPSA) is 111 Å². The maximum atomic E-state index is 11.4. The predicted octanol–water partition coefficient (Wildman–Crippen LogP) is 1.14. The zero-order valence-electron chi connectivity index (χ0n) is 11.4. The molecule has 1 fully saturated rings. The molecule has 8 heteroatoms. The Morgan fingerprint density at radius 2 is 1.96 bits per heavy atom. The quantitative estimate of drug-likeness (QED) is 0.647. The molecule has 1 aromatic carbocycles. The van der Waals surface area contributed by atoms with Crippen molar-refractivity contribution in [1.82, 2.24) is 10.6 Å². The molecule has 116 valence electrons. The molecule has 2 heterocycles. The van der Waals surface area contributed by atoms with Gasteiger partial charge in [0.05, 0.1) is 11.0 Å². The number of hydrogen-bond acceptors (Lipinski definition) is 5. The molecule has 0 bridgehead atoms. The van der Waals surface area contributed by atoms with Crippen LogP contribution in [0.4, 0.5) is 4.79 Å². The molecule has 1 aliphatic heterocycles. The monoisotopic (exact) mass is 331 g/mol. The van der Waals surface area contributed by atoms with Gasteiger partial charge in [0.15, 0.2) is 0 Å². The van der Waals surface area contributed by atoms with Gasteiger partial charge in [-0.2, -0.15) is 0 Å². The zero-order chi connectivity index (χ0) is 16.6. The number of halogens is 1. The van der Waals surface area contributed by atoms with Crippen LogP contribution in [-0.2, 0) is 4.79 Å². The largest absolute Gasteiger partial charge is 0.545 e. The third-order valence-electron chi connectivity index (χ3n) is 3.10. The third kappa shape index (κ3) is 2.95. The van der Waals surface area contributed by atoms with E-state index in [1.165, 1.54) is 24.3 Å². The zero-order valence-corrected chi connectivity index (χ0v) is 12.1. The van der Waals surface area contributed by atoms with E-state index < -0.39 is 17.9 Å². The molecule has 0 atom stereocenters. The van der Waals surface area contributed by atoms with Crippen LogP contribution >= 0.6 is 11.6 Å². The van der Waals surface area contributed by atoms with Crippen molar-refractivity contribution in [2.45, 2.75) is 0 Å². The molecule has 3 rings (SSSR count). The van der Waals surface area contributed by atoms with Gasteiger partial charge in [-0.25, -0.2) is 4.79 Å². The summed E-state index contributed by atoms with van der Waals surface area (Å²) in [5.74, 6) is -1.29. The number of imide groups is 1. The molecule has 0 saturated carbocycles. The molecule has 2 N–H and O–H groups in total. The highest BCUT2D eigenvalue weighted by Gasteiger charge is 2.23. The molecule has 0 radical (unpaired) electrons. The van der Waals surface area contributed by atoms with Crippen LogP contribution in [0, 0.1) is 0 Å². The van der Waals surface area contributed by atoms with Crippen LogP contribution in [0.2, 0.25) is 5.02 Å². The summed E-state index contributed by atoms with van der Waals surface area (Å²) in [5.41, 5.74) is 0.381. The number of carbonyl (C=O) groups is 3. The first-order valence-electron chi connectivity index (χ1n) is 6.39. The van der Waals surface area contributed by atoms with Crippen LogP contribution < -0.4 is 15.7 Å². The van der Waals surface area contributed by atoms with Crippen molar-refractivity contribution < 1.29 is 23.9 Å². The van der Waals surface area contributed by atoms with Gasteiger partial charge in [0.25, 0.3) is 5.91 Å². The van der Waals surface area contributed by atoms with Crippen molar-refractivity contribution in [3.8, 4) is 11.3 Å². The summed E-state index contributed by atoms with van der Waals surface area (Å²) in [7, 11) is 0. The molecular formula is C15H8ClN2O5-. The van der Waals surface area contributed by atoms with Crippen molar-refractivity contribution >= 4 is 35.6 Å². The molecular weight excluding hydrogens is 324 g/mol. The molecule has 2 aromatic rings. The lowest BCUT2D eigenvalue weighted by Crippen LogP contribution is -2.22. The molecule has 7 nitrogen and oxygen atoms in total. The van der Waals surface area contributed by atoms with Gasteiger partial charge in [-0.3, -0.25) is 10.1 Å². The number of benzene rings is 1. The third-order valence-corrected chi connectivity index (χ3v) is 3.43. The standard InChI is InChI=1S/C15H9ClN2O5/c16-10-3-1-7(14(20)21)5-9(10)12-4-2-8(23-12)6-11-13(19)18-15(22)17-11/h1-6H,(H,20,21)(H2,17,18,19,22)/p-1. The van der Waals surface area contributed by atoms with Crippen molar-refractivity contribution in [3.63, 3.8) is 0 Å². The Kier molecular flexibility index (Phi) is 3.63. The molecule has 1 aliphatic rings. The lowest BCUT2D eigenvalue weighted by Gasteiger charge is -2.06. The van der Waals surface area contributed by atoms with E-state index in [4.69, 9.17) is 16.0 Å². The van der Waals surface area contributed by atoms with E-state index in [0.717, 1.165) is 0 Å². The van der Waals surface area contributed by atoms with Crippen LogP contribution in [0.1, 0.15) is 16.1 Å². The number of hydrogen-bond donors (Lipinski definition) is 2. The Balaban J connectivity index is 1.95. The lowest BCUT2D eigenvalue weighted by molar-refractivity contribution is -0.255. The number of carboxylic acid groups (broad SMARTS) is 1. The molecule has 23 heavy (non-hydrogen) atoms. The summed E-state index contributed by atoms with van der Waals surface area (Å²) >= 11 is 6.05. The number of carboxylic acids is 1. The number of urea groups is 1. The molecule has 3 amide bonds. The van der Waals surface area contributed by atoms with E-state index in [1.807, 2.05) is 0 Å². The molecule has 1 aromatic heterocycles. The van der Waals surface area contributed by atoms with E-state index in [9.17, 15) is 19.5 Å². The predicted molar refractivity (Wildman–Crippen MR) is 78.1 cm³/mol. The minimum absolute atomic E-state index is 0.0388. The fourth-order valence-corrected chi connectivity index (χ4v) is 2.25. The van der Waals surface area contributed by atoms with E-state index >= 15 is 0 Å². The minimum atomic E-state index is -1.33. The van der Waals surface area contributed by atoms with Crippen LogP contribution in [0.5, 0.6) is 0 Å². The van der Waals surface area contributed by atoms with Crippen LogP contribution in [0.3, 0.4) is 0 Å². The summed E-state index contributed by atoms with van der Waals surface area (Å²) in [6.07, 6.45) is 1.35. The van der Waals surface area contributed by atoms with Gasteiger partial charge in [-0.1, -0.05) is 17.7 Å². The maximum Gasteiger partial charge on any atom is 0.326 e.